The lowest BCUT2D eigenvalue weighted by atomic mass is 10.0. The van der Waals surface area contributed by atoms with Crippen molar-refractivity contribution in [3.05, 3.63) is 59.7 Å². The van der Waals surface area contributed by atoms with Gasteiger partial charge in [-0.3, -0.25) is 15.0 Å². The van der Waals surface area contributed by atoms with Gasteiger partial charge in [0.15, 0.2) is 0 Å². The van der Waals surface area contributed by atoms with Gasteiger partial charge in [-0.1, -0.05) is 12.1 Å². The number of carbonyl (C=O) groups is 2. The van der Waals surface area contributed by atoms with E-state index in [0.29, 0.717) is 12.0 Å². The highest BCUT2D eigenvalue weighted by Gasteiger charge is 2.35. The van der Waals surface area contributed by atoms with E-state index in [1.165, 1.54) is 12.1 Å². The molecule has 0 aliphatic carbocycles. The molecule has 2 atom stereocenters. The molecule has 148 valence electrons. The average molecular weight is 384 g/mol. The number of hydrazine groups is 1. The van der Waals surface area contributed by atoms with Crippen LogP contribution in [0, 0.1) is 0 Å². The number of phenolic OH excluding ortho intramolecular Hbond substituents is 1. The van der Waals surface area contributed by atoms with Gasteiger partial charge in [0, 0.05) is 18.0 Å². The minimum atomic E-state index is -0.849. The summed E-state index contributed by atoms with van der Waals surface area (Å²) < 4.78 is 5.21. The fourth-order valence-electron chi connectivity index (χ4n) is 3.57. The van der Waals surface area contributed by atoms with E-state index in [4.69, 9.17) is 9.84 Å². The van der Waals surface area contributed by atoms with Gasteiger partial charge < -0.3 is 14.9 Å². The first-order chi connectivity index (χ1) is 13.5. The van der Waals surface area contributed by atoms with Gasteiger partial charge in [0.1, 0.15) is 11.5 Å². The molecule has 28 heavy (non-hydrogen) atoms. The number of carboxylic acids is 1. The number of carbonyl (C=O) groups excluding carboxylic acids is 1. The van der Waals surface area contributed by atoms with Crippen LogP contribution in [0.15, 0.2) is 48.5 Å². The molecule has 0 spiro atoms. The SMILES string of the molecule is COc1ccc(C2CCC(CCC(=O)O)N2NC(=O)c2ccc(O)cc2)cc1. The molecule has 1 fully saturated rings. The number of nitrogens with zero attached hydrogens (tertiary/aromatic N) is 1. The average Bonchev–Trinajstić information content (AvgIpc) is 3.09. The number of ether oxygens (including phenoxy) is 1. The smallest absolute Gasteiger partial charge is 0.303 e. The van der Waals surface area contributed by atoms with Crippen LogP contribution in [0.3, 0.4) is 0 Å². The molecule has 3 N–H and O–H groups in total. The molecular weight excluding hydrogens is 360 g/mol. The number of rotatable bonds is 7. The molecule has 2 unspecified atom stereocenters. The van der Waals surface area contributed by atoms with Crippen molar-refractivity contribution in [2.24, 2.45) is 0 Å². The van der Waals surface area contributed by atoms with Gasteiger partial charge in [0.05, 0.1) is 13.2 Å². The maximum atomic E-state index is 12.7. The second kappa shape index (κ2) is 8.75. The van der Waals surface area contributed by atoms with Gasteiger partial charge in [0.25, 0.3) is 5.91 Å². The van der Waals surface area contributed by atoms with Crippen LogP contribution in [0.5, 0.6) is 11.5 Å². The van der Waals surface area contributed by atoms with Crippen LogP contribution in [0.25, 0.3) is 0 Å². The molecule has 1 saturated heterocycles. The first-order valence-electron chi connectivity index (χ1n) is 9.22. The van der Waals surface area contributed by atoms with Crippen molar-refractivity contribution in [3.63, 3.8) is 0 Å². The van der Waals surface area contributed by atoms with E-state index in [1.807, 2.05) is 29.3 Å². The van der Waals surface area contributed by atoms with Crippen molar-refractivity contribution in [2.75, 3.05) is 7.11 Å². The zero-order chi connectivity index (χ0) is 20.1. The molecule has 1 heterocycles. The Morgan fingerprint density at radius 1 is 1.11 bits per heavy atom. The van der Waals surface area contributed by atoms with Gasteiger partial charge in [-0.15, -0.1) is 0 Å². The Labute approximate surface area is 163 Å². The molecule has 2 aromatic carbocycles. The summed E-state index contributed by atoms with van der Waals surface area (Å²) in [5.41, 5.74) is 4.41. The topological polar surface area (TPSA) is 99.1 Å². The minimum absolute atomic E-state index is 0.0472. The molecule has 3 rings (SSSR count). The zero-order valence-electron chi connectivity index (χ0n) is 15.7. The molecule has 7 nitrogen and oxygen atoms in total. The second-order valence-corrected chi connectivity index (χ2v) is 6.85. The third-order valence-corrected chi connectivity index (χ3v) is 5.05. The number of hydrogen-bond donors (Lipinski definition) is 3. The molecule has 2 aromatic rings. The van der Waals surface area contributed by atoms with Gasteiger partial charge in [-0.2, -0.15) is 0 Å². The summed E-state index contributed by atoms with van der Waals surface area (Å²) in [6.45, 7) is 0. The van der Waals surface area contributed by atoms with Crippen LogP contribution in [0.2, 0.25) is 0 Å². The first-order valence-corrected chi connectivity index (χ1v) is 9.22. The van der Waals surface area contributed by atoms with Crippen molar-refractivity contribution in [1.29, 1.82) is 0 Å². The molecule has 1 aliphatic rings. The summed E-state index contributed by atoms with van der Waals surface area (Å²) in [7, 11) is 1.61. The fraction of sp³-hybridized carbons (Fsp3) is 0.333. The normalized spacial score (nSPS) is 19.3. The Balaban J connectivity index is 1.80. The van der Waals surface area contributed by atoms with Crippen molar-refractivity contribution >= 4 is 11.9 Å². The van der Waals surface area contributed by atoms with Gasteiger partial charge in [-0.25, -0.2) is 5.01 Å². The fourth-order valence-corrected chi connectivity index (χ4v) is 3.57. The van der Waals surface area contributed by atoms with Crippen LogP contribution in [0.1, 0.15) is 47.6 Å². The van der Waals surface area contributed by atoms with Crippen molar-refractivity contribution in [2.45, 2.75) is 37.8 Å². The maximum absolute atomic E-state index is 12.7. The number of amides is 1. The van der Waals surface area contributed by atoms with E-state index in [-0.39, 0.29) is 30.2 Å². The largest absolute Gasteiger partial charge is 0.508 e. The predicted molar refractivity (Wildman–Crippen MR) is 103 cm³/mol. The number of nitrogens with one attached hydrogen (secondary N) is 1. The van der Waals surface area contributed by atoms with Crippen LogP contribution in [-0.4, -0.2) is 40.3 Å². The van der Waals surface area contributed by atoms with Gasteiger partial charge in [-0.05, 0) is 61.2 Å². The zero-order valence-corrected chi connectivity index (χ0v) is 15.7. The Morgan fingerprint density at radius 2 is 1.79 bits per heavy atom. The Hall–Kier alpha value is -3.06. The number of benzene rings is 2. The van der Waals surface area contributed by atoms with Crippen molar-refractivity contribution in [3.8, 4) is 11.5 Å². The highest BCUT2D eigenvalue weighted by Crippen LogP contribution is 2.37. The van der Waals surface area contributed by atoms with Crippen molar-refractivity contribution in [1.82, 2.24) is 10.4 Å². The Bertz CT molecular complexity index is 820. The summed E-state index contributed by atoms with van der Waals surface area (Å²) in [5.74, 6) is -0.296. The number of carboxylic acid groups (broad SMARTS) is 1. The summed E-state index contributed by atoms with van der Waals surface area (Å²) in [6, 6.07) is 13.6. The van der Waals surface area contributed by atoms with E-state index >= 15 is 0 Å². The van der Waals surface area contributed by atoms with E-state index < -0.39 is 5.97 Å². The summed E-state index contributed by atoms with van der Waals surface area (Å²) in [4.78, 5) is 23.7. The number of hydrogen-bond acceptors (Lipinski definition) is 5. The standard InChI is InChI=1S/C21H24N2O5/c1-28-18-10-4-14(5-11-18)19-12-6-16(7-13-20(25)26)23(19)22-21(27)15-2-8-17(24)9-3-15/h2-5,8-11,16,19,24H,6-7,12-13H2,1H3,(H,22,27)(H,25,26). The lowest BCUT2D eigenvalue weighted by molar-refractivity contribution is -0.137. The van der Waals surface area contributed by atoms with Crippen LogP contribution < -0.4 is 10.2 Å². The number of aromatic hydroxyl groups is 1. The molecular formula is C21H24N2O5. The third kappa shape index (κ3) is 4.61. The van der Waals surface area contributed by atoms with Gasteiger partial charge in [0.2, 0.25) is 0 Å². The number of methoxy groups -OCH3 is 1. The number of phenols is 1. The van der Waals surface area contributed by atoms with E-state index in [2.05, 4.69) is 5.43 Å². The highest BCUT2D eigenvalue weighted by molar-refractivity contribution is 5.94. The molecule has 1 amide bonds. The second-order valence-electron chi connectivity index (χ2n) is 6.85. The van der Waals surface area contributed by atoms with Crippen molar-refractivity contribution < 1.29 is 24.5 Å². The lowest BCUT2D eigenvalue weighted by Gasteiger charge is -2.30. The maximum Gasteiger partial charge on any atom is 0.303 e. The predicted octanol–water partition coefficient (Wildman–Crippen LogP) is 3.12. The highest BCUT2D eigenvalue weighted by atomic mass is 16.5. The van der Waals surface area contributed by atoms with E-state index in [0.717, 1.165) is 24.2 Å². The van der Waals surface area contributed by atoms with E-state index in [1.54, 1.807) is 19.2 Å². The van der Waals surface area contributed by atoms with Crippen LogP contribution >= 0.6 is 0 Å². The summed E-state index contributed by atoms with van der Waals surface area (Å²) in [5, 5.41) is 20.3. The quantitative estimate of drug-likeness (QED) is 0.678. The lowest BCUT2D eigenvalue weighted by Crippen LogP contribution is -2.46. The van der Waals surface area contributed by atoms with E-state index in [9.17, 15) is 14.7 Å². The summed E-state index contributed by atoms with van der Waals surface area (Å²) >= 11 is 0. The molecule has 7 heteroatoms. The molecule has 0 bridgehead atoms. The summed E-state index contributed by atoms with van der Waals surface area (Å²) in [6.07, 6.45) is 2.11. The number of aliphatic carboxylic acids is 1. The molecule has 0 saturated carbocycles. The van der Waals surface area contributed by atoms with Crippen LogP contribution in [-0.2, 0) is 4.79 Å². The molecule has 1 aliphatic heterocycles. The minimum Gasteiger partial charge on any atom is -0.508 e. The van der Waals surface area contributed by atoms with Gasteiger partial charge >= 0.3 is 5.97 Å². The third-order valence-electron chi connectivity index (χ3n) is 5.05. The first kappa shape index (κ1) is 19.7. The molecule has 0 aromatic heterocycles. The Morgan fingerprint density at radius 3 is 2.39 bits per heavy atom. The Kier molecular flexibility index (Phi) is 6.16. The monoisotopic (exact) mass is 384 g/mol. The molecule has 0 radical (unpaired) electrons. The van der Waals surface area contributed by atoms with Crippen LogP contribution in [0.4, 0.5) is 0 Å².